The van der Waals surface area contributed by atoms with Gasteiger partial charge < -0.3 is 4.74 Å². The number of methoxy groups -OCH3 is 1. The third-order valence-corrected chi connectivity index (χ3v) is 2.77. The van der Waals surface area contributed by atoms with E-state index in [9.17, 15) is 8.42 Å². The van der Waals surface area contributed by atoms with Crippen LogP contribution in [-0.4, -0.2) is 21.8 Å². The molecule has 0 heterocycles. The van der Waals surface area contributed by atoms with Gasteiger partial charge in [0.25, 0.3) is 0 Å². The zero-order chi connectivity index (χ0) is 11.6. The number of hydrogen-bond donors (Lipinski definition) is 1. The molecule has 0 aliphatic heterocycles. The molecule has 84 valence electrons. The van der Waals surface area contributed by atoms with Gasteiger partial charge >= 0.3 is 0 Å². The molecule has 6 heteroatoms. The van der Waals surface area contributed by atoms with E-state index in [-0.39, 0.29) is 0 Å². The molecular formula is C9H12ClNO3S. The van der Waals surface area contributed by atoms with Gasteiger partial charge in [0.05, 0.1) is 19.1 Å². The van der Waals surface area contributed by atoms with Gasteiger partial charge in [0.1, 0.15) is 5.75 Å². The van der Waals surface area contributed by atoms with Crippen molar-refractivity contribution >= 4 is 27.3 Å². The molecule has 0 fully saturated rings. The summed E-state index contributed by atoms with van der Waals surface area (Å²) in [7, 11) is -1.86. The minimum atomic E-state index is -3.31. The fourth-order valence-electron chi connectivity index (χ4n) is 1.11. The number of nitrogens with one attached hydrogen (secondary N) is 1. The van der Waals surface area contributed by atoms with Gasteiger partial charge in [-0.25, -0.2) is 8.42 Å². The Labute approximate surface area is 94.3 Å². The van der Waals surface area contributed by atoms with Crippen LogP contribution in [0.3, 0.4) is 0 Å². The minimum Gasteiger partial charge on any atom is -0.495 e. The van der Waals surface area contributed by atoms with E-state index >= 15 is 0 Å². The van der Waals surface area contributed by atoms with Crippen molar-refractivity contribution in [3.63, 3.8) is 0 Å². The number of hydrogen-bond acceptors (Lipinski definition) is 3. The van der Waals surface area contributed by atoms with Crippen LogP contribution in [0.15, 0.2) is 12.1 Å². The van der Waals surface area contributed by atoms with E-state index in [1.165, 1.54) is 7.11 Å². The Balaban J connectivity index is 3.22. The molecule has 0 saturated heterocycles. The van der Waals surface area contributed by atoms with Crippen LogP contribution in [0.25, 0.3) is 0 Å². The fraction of sp³-hybridized carbons (Fsp3) is 0.333. The summed E-state index contributed by atoms with van der Waals surface area (Å²) in [5.41, 5.74) is 1.17. The molecule has 1 N–H and O–H groups in total. The molecule has 0 amide bonds. The number of benzene rings is 1. The van der Waals surface area contributed by atoms with E-state index in [1.807, 2.05) is 0 Å². The number of aryl methyl sites for hydroxylation is 1. The third kappa shape index (κ3) is 3.28. The average Bonchev–Trinajstić information content (AvgIpc) is 2.08. The zero-order valence-electron chi connectivity index (χ0n) is 8.67. The molecule has 1 rings (SSSR count). The third-order valence-electron chi connectivity index (χ3n) is 1.78. The number of sulfonamides is 1. The first-order valence-corrected chi connectivity index (χ1v) is 6.42. The van der Waals surface area contributed by atoms with Crippen LogP contribution >= 0.6 is 11.6 Å². The van der Waals surface area contributed by atoms with E-state index < -0.39 is 10.0 Å². The van der Waals surface area contributed by atoms with Crippen LogP contribution in [0.2, 0.25) is 5.02 Å². The van der Waals surface area contributed by atoms with Gasteiger partial charge in [-0.15, -0.1) is 0 Å². The lowest BCUT2D eigenvalue weighted by Crippen LogP contribution is -2.10. The lowest BCUT2D eigenvalue weighted by molar-refractivity contribution is 0.417. The molecular weight excluding hydrogens is 238 g/mol. The Morgan fingerprint density at radius 2 is 2.00 bits per heavy atom. The van der Waals surface area contributed by atoms with E-state index in [1.54, 1.807) is 19.1 Å². The lowest BCUT2D eigenvalue weighted by Gasteiger charge is -2.11. The Morgan fingerprint density at radius 1 is 1.40 bits per heavy atom. The van der Waals surface area contributed by atoms with Crippen molar-refractivity contribution < 1.29 is 13.2 Å². The molecule has 1 aromatic rings. The SMILES string of the molecule is COc1cc(Cl)c(C)cc1NS(C)(=O)=O. The van der Waals surface area contributed by atoms with E-state index in [0.717, 1.165) is 11.8 Å². The maximum absolute atomic E-state index is 11.1. The quantitative estimate of drug-likeness (QED) is 0.892. The second-order valence-electron chi connectivity index (χ2n) is 3.18. The molecule has 0 bridgehead atoms. The summed E-state index contributed by atoms with van der Waals surface area (Å²) >= 11 is 5.88. The second kappa shape index (κ2) is 4.28. The van der Waals surface area contributed by atoms with Gasteiger partial charge in [0, 0.05) is 11.1 Å². The summed E-state index contributed by atoms with van der Waals surface area (Å²) in [4.78, 5) is 0. The van der Waals surface area contributed by atoms with Crippen LogP contribution in [-0.2, 0) is 10.0 Å². The smallest absolute Gasteiger partial charge is 0.229 e. The summed E-state index contributed by atoms with van der Waals surface area (Å²) in [6.07, 6.45) is 1.08. The molecule has 0 spiro atoms. The van der Waals surface area contributed by atoms with Crippen molar-refractivity contribution in [1.29, 1.82) is 0 Å². The van der Waals surface area contributed by atoms with Gasteiger partial charge in [-0.2, -0.15) is 0 Å². The number of ether oxygens (including phenoxy) is 1. The van der Waals surface area contributed by atoms with E-state index in [2.05, 4.69) is 4.72 Å². The van der Waals surface area contributed by atoms with Crippen LogP contribution in [0.1, 0.15) is 5.56 Å². The molecule has 0 atom stereocenters. The summed E-state index contributed by atoms with van der Waals surface area (Å²) in [5.74, 6) is 0.399. The maximum atomic E-state index is 11.1. The van der Waals surface area contributed by atoms with Crippen molar-refractivity contribution in [3.8, 4) is 5.75 Å². The highest BCUT2D eigenvalue weighted by atomic mass is 35.5. The van der Waals surface area contributed by atoms with Crippen molar-refractivity contribution in [2.45, 2.75) is 6.92 Å². The molecule has 0 radical (unpaired) electrons. The Kier molecular flexibility index (Phi) is 3.46. The number of rotatable bonds is 3. The predicted molar refractivity (Wildman–Crippen MR) is 61.2 cm³/mol. The zero-order valence-corrected chi connectivity index (χ0v) is 10.2. The largest absolute Gasteiger partial charge is 0.495 e. The topological polar surface area (TPSA) is 55.4 Å². The first kappa shape index (κ1) is 12.1. The normalized spacial score (nSPS) is 11.2. The molecule has 0 unspecified atom stereocenters. The lowest BCUT2D eigenvalue weighted by atomic mass is 10.2. The van der Waals surface area contributed by atoms with Crippen LogP contribution < -0.4 is 9.46 Å². The molecule has 4 nitrogen and oxygen atoms in total. The Hall–Kier alpha value is -0.940. The van der Waals surface area contributed by atoms with Gasteiger partial charge in [-0.3, -0.25) is 4.72 Å². The molecule has 0 saturated carbocycles. The highest BCUT2D eigenvalue weighted by Gasteiger charge is 2.10. The molecule has 0 aromatic heterocycles. The predicted octanol–water partition coefficient (Wildman–Crippen LogP) is 2.03. The van der Waals surface area contributed by atoms with Crippen LogP contribution in [0, 0.1) is 6.92 Å². The minimum absolute atomic E-state index is 0.391. The van der Waals surface area contributed by atoms with Crippen LogP contribution in [0.4, 0.5) is 5.69 Å². The van der Waals surface area contributed by atoms with Crippen molar-refractivity contribution in [1.82, 2.24) is 0 Å². The van der Waals surface area contributed by atoms with Crippen LogP contribution in [0.5, 0.6) is 5.75 Å². The van der Waals surface area contributed by atoms with E-state index in [4.69, 9.17) is 16.3 Å². The Morgan fingerprint density at radius 3 is 2.47 bits per heavy atom. The number of anilines is 1. The van der Waals surface area contributed by atoms with Crippen molar-refractivity contribution in [2.24, 2.45) is 0 Å². The summed E-state index contributed by atoms with van der Waals surface area (Å²) in [6.45, 7) is 1.79. The average molecular weight is 250 g/mol. The maximum Gasteiger partial charge on any atom is 0.229 e. The van der Waals surface area contributed by atoms with Crippen molar-refractivity contribution in [2.75, 3.05) is 18.1 Å². The summed E-state index contributed by atoms with van der Waals surface area (Å²) < 4.78 is 29.5. The molecule has 1 aromatic carbocycles. The first-order valence-electron chi connectivity index (χ1n) is 4.15. The summed E-state index contributed by atoms with van der Waals surface area (Å²) in [6, 6.07) is 3.20. The van der Waals surface area contributed by atoms with Gasteiger partial charge in [0.2, 0.25) is 10.0 Å². The van der Waals surface area contributed by atoms with Gasteiger partial charge in [0.15, 0.2) is 0 Å². The highest BCUT2D eigenvalue weighted by molar-refractivity contribution is 7.92. The highest BCUT2D eigenvalue weighted by Crippen LogP contribution is 2.31. The number of halogens is 1. The van der Waals surface area contributed by atoms with Crippen molar-refractivity contribution in [3.05, 3.63) is 22.7 Å². The first-order chi connectivity index (χ1) is 6.83. The second-order valence-corrected chi connectivity index (χ2v) is 5.33. The van der Waals surface area contributed by atoms with Gasteiger partial charge in [-0.05, 0) is 18.6 Å². The molecule has 15 heavy (non-hydrogen) atoms. The summed E-state index contributed by atoms with van der Waals surface area (Å²) in [5, 5.41) is 0.533. The monoisotopic (exact) mass is 249 g/mol. The fourth-order valence-corrected chi connectivity index (χ4v) is 1.82. The van der Waals surface area contributed by atoms with E-state index in [0.29, 0.717) is 16.5 Å². The standard InChI is InChI=1S/C9H12ClNO3S/c1-6-4-8(11-15(3,12)13)9(14-2)5-7(6)10/h4-5,11H,1-3H3. The molecule has 0 aliphatic carbocycles. The van der Waals surface area contributed by atoms with Gasteiger partial charge in [-0.1, -0.05) is 11.6 Å². The Bertz CT molecular complexity index is 470. The molecule has 0 aliphatic rings.